The smallest absolute Gasteiger partial charge is 0.329 e. The molecule has 3 aliphatic heterocycles. The summed E-state index contributed by atoms with van der Waals surface area (Å²) in [6.45, 7) is 1.71. The lowest BCUT2D eigenvalue weighted by molar-refractivity contribution is -0.178. The molecule has 13 nitrogen and oxygen atoms in total. The summed E-state index contributed by atoms with van der Waals surface area (Å²) in [7, 11) is 0. The fraction of sp³-hybridized carbons (Fsp3) is 0.196. The zero-order valence-corrected chi connectivity index (χ0v) is 31.8. The summed E-state index contributed by atoms with van der Waals surface area (Å²) in [6, 6.07) is 33.3. The number of carbonyl (C=O) groups is 5. The van der Waals surface area contributed by atoms with Crippen molar-refractivity contribution in [2.24, 2.45) is 17.4 Å². The van der Waals surface area contributed by atoms with E-state index in [-0.39, 0.29) is 23.5 Å². The molecule has 13 heteroatoms. The number of carbonyl (C=O) groups excluding carboxylic acids is 5. The molecule has 2 saturated heterocycles. The molecule has 0 bridgehead atoms. The standard InChI is InChI=1S/C46H40N6O7/c1-27(29-13-5-2-6-14-29)50-45(58)51-35-24-19-28(12-11-25-49-44(48)57)26-34(35)46(43(51)56)36(41(47)54)38-42(55)59-39(31-17-9-4-10-18-31)37(30-15-7-3-8-16-30)52(38)40(46)32-20-22-33(53)23-21-32/h2-10,13-24,26-27,36-40,53H,25H2,1H3,(H2,47,54)(H,50,58)(H3,48,49,57). The van der Waals surface area contributed by atoms with Gasteiger partial charge in [-0.1, -0.05) is 115 Å². The molecule has 6 amide bonds. The number of phenolic OH excluding ortho intramolecular Hbond substituents is 1. The van der Waals surface area contributed by atoms with Crippen LogP contribution in [0.3, 0.4) is 0 Å². The minimum atomic E-state index is -2.04. The van der Waals surface area contributed by atoms with Gasteiger partial charge < -0.3 is 31.9 Å². The Kier molecular flexibility index (Phi) is 10.1. The van der Waals surface area contributed by atoms with Crippen LogP contribution in [-0.4, -0.2) is 52.4 Å². The number of imide groups is 1. The number of amides is 6. The first-order chi connectivity index (χ1) is 28.5. The first-order valence-corrected chi connectivity index (χ1v) is 19.0. The van der Waals surface area contributed by atoms with Crippen LogP contribution in [-0.2, 0) is 24.5 Å². The van der Waals surface area contributed by atoms with Gasteiger partial charge in [0, 0.05) is 5.56 Å². The number of anilines is 1. The lowest BCUT2D eigenvalue weighted by Gasteiger charge is -2.46. The highest BCUT2D eigenvalue weighted by molar-refractivity contribution is 6.24. The van der Waals surface area contributed by atoms with Crippen molar-refractivity contribution in [2.75, 3.05) is 11.4 Å². The number of esters is 1. The number of morpholine rings is 1. The van der Waals surface area contributed by atoms with Gasteiger partial charge >= 0.3 is 18.0 Å². The van der Waals surface area contributed by atoms with Crippen molar-refractivity contribution in [2.45, 2.75) is 42.6 Å². The van der Waals surface area contributed by atoms with Crippen LogP contribution in [0.5, 0.6) is 5.75 Å². The number of cyclic esters (lactones) is 1. The van der Waals surface area contributed by atoms with Gasteiger partial charge in [-0.2, -0.15) is 0 Å². The predicted octanol–water partition coefficient (Wildman–Crippen LogP) is 5.03. The van der Waals surface area contributed by atoms with Crippen LogP contribution in [0.2, 0.25) is 0 Å². The summed E-state index contributed by atoms with van der Waals surface area (Å²) in [5.74, 6) is 1.64. The van der Waals surface area contributed by atoms with E-state index in [2.05, 4.69) is 22.5 Å². The number of rotatable bonds is 7. The molecule has 5 aromatic carbocycles. The number of phenols is 1. The number of primary amides is 2. The Morgan fingerprint density at radius 3 is 2.07 bits per heavy atom. The molecule has 1 spiro atoms. The lowest BCUT2D eigenvalue weighted by atomic mass is 9.65. The van der Waals surface area contributed by atoms with Crippen LogP contribution in [0.4, 0.5) is 15.3 Å². The van der Waals surface area contributed by atoms with E-state index in [0.29, 0.717) is 16.7 Å². The first-order valence-electron chi connectivity index (χ1n) is 19.0. The minimum absolute atomic E-state index is 0.0557. The second-order valence-corrected chi connectivity index (χ2v) is 14.7. The number of nitrogens with one attached hydrogen (secondary N) is 2. The van der Waals surface area contributed by atoms with Gasteiger partial charge in [0.2, 0.25) is 11.8 Å². The number of urea groups is 2. The van der Waals surface area contributed by atoms with Gasteiger partial charge in [0.25, 0.3) is 0 Å². The molecule has 0 saturated carbocycles. The average Bonchev–Trinajstić information content (AvgIpc) is 3.70. The third-order valence-electron chi connectivity index (χ3n) is 11.4. The lowest BCUT2D eigenvalue weighted by Crippen LogP contribution is -2.55. The maximum atomic E-state index is 15.9. The highest BCUT2D eigenvalue weighted by Crippen LogP contribution is 2.65. The van der Waals surface area contributed by atoms with Crippen molar-refractivity contribution < 1.29 is 33.8 Å². The van der Waals surface area contributed by atoms with Crippen molar-refractivity contribution in [3.63, 3.8) is 0 Å². The van der Waals surface area contributed by atoms with Gasteiger partial charge in [0.05, 0.1) is 36.3 Å². The van der Waals surface area contributed by atoms with E-state index in [1.54, 1.807) is 37.3 Å². The Balaban J connectivity index is 1.40. The second-order valence-electron chi connectivity index (χ2n) is 14.7. The maximum absolute atomic E-state index is 15.9. The normalized spacial score (nSPS) is 23.6. The fourth-order valence-corrected chi connectivity index (χ4v) is 9.02. The van der Waals surface area contributed by atoms with E-state index < -0.39 is 71.5 Å². The Morgan fingerprint density at radius 2 is 1.44 bits per heavy atom. The number of hydrogen-bond donors (Lipinski definition) is 5. The summed E-state index contributed by atoms with van der Waals surface area (Å²) in [5, 5.41) is 15.9. The van der Waals surface area contributed by atoms with Crippen molar-refractivity contribution in [1.29, 1.82) is 0 Å². The van der Waals surface area contributed by atoms with Gasteiger partial charge in [-0.3, -0.25) is 19.3 Å². The van der Waals surface area contributed by atoms with E-state index in [0.717, 1.165) is 16.0 Å². The molecule has 3 aliphatic rings. The number of nitrogens with zero attached hydrogens (tertiary/aromatic N) is 2. The molecule has 5 aromatic rings. The third kappa shape index (κ3) is 6.59. The molecule has 7 N–H and O–H groups in total. The van der Waals surface area contributed by atoms with Gasteiger partial charge in [0.15, 0.2) is 0 Å². The summed E-state index contributed by atoms with van der Waals surface area (Å²) in [6.07, 6.45) is -0.914. The van der Waals surface area contributed by atoms with E-state index in [9.17, 15) is 24.3 Å². The Bertz CT molecular complexity index is 2510. The highest BCUT2D eigenvalue weighted by atomic mass is 16.6. The zero-order valence-electron chi connectivity index (χ0n) is 31.8. The largest absolute Gasteiger partial charge is 0.508 e. The summed E-state index contributed by atoms with van der Waals surface area (Å²) in [4.78, 5) is 73.9. The van der Waals surface area contributed by atoms with Gasteiger partial charge in [-0.15, -0.1) is 0 Å². The number of aromatic hydroxyl groups is 1. The number of benzene rings is 5. The minimum Gasteiger partial charge on any atom is -0.508 e. The van der Waals surface area contributed by atoms with Crippen molar-refractivity contribution in [3.05, 3.63) is 167 Å². The SMILES string of the molecule is CC(NC(=O)N1C(=O)C2(c3cc(C#CCNC(N)=O)ccc31)C(C(N)=O)C1C(=O)OC(c3ccccc3)C(c3ccccc3)N1C2c1ccc(O)cc1)c1ccccc1. The number of ether oxygens (including phenoxy) is 1. The molecule has 0 radical (unpaired) electrons. The Labute approximate surface area is 339 Å². The fourth-order valence-electron chi connectivity index (χ4n) is 9.02. The Morgan fingerprint density at radius 1 is 0.814 bits per heavy atom. The number of fused-ring (bicyclic) bond motifs is 3. The van der Waals surface area contributed by atoms with E-state index in [1.165, 1.54) is 12.1 Å². The van der Waals surface area contributed by atoms with Gasteiger partial charge in [-0.25, -0.2) is 14.5 Å². The predicted molar refractivity (Wildman–Crippen MR) is 217 cm³/mol. The monoisotopic (exact) mass is 788 g/mol. The van der Waals surface area contributed by atoms with Gasteiger partial charge in [-0.05, 0) is 65.1 Å². The van der Waals surface area contributed by atoms with Gasteiger partial charge in [0.1, 0.15) is 23.3 Å². The summed E-state index contributed by atoms with van der Waals surface area (Å²) in [5.41, 5.74) is 13.0. The average molecular weight is 789 g/mol. The zero-order chi connectivity index (χ0) is 41.4. The molecule has 0 aromatic heterocycles. The summed E-state index contributed by atoms with van der Waals surface area (Å²) < 4.78 is 6.35. The Hall–Kier alpha value is -7.43. The highest BCUT2D eigenvalue weighted by Gasteiger charge is 2.75. The molecule has 3 heterocycles. The summed E-state index contributed by atoms with van der Waals surface area (Å²) >= 11 is 0. The quantitative estimate of drug-likeness (QED) is 0.112. The first kappa shape index (κ1) is 38.4. The van der Waals surface area contributed by atoms with E-state index in [4.69, 9.17) is 16.2 Å². The van der Waals surface area contributed by atoms with Crippen LogP contribution in [0.25, 0.3) is 0 Å². The van der Waals surface area contributed by atoms with Crippen LogP contribution >= 0.6 is 0 Å². The number of hydrogen-bond acceptors (Lipinski definition) is 8. The molecule has 8 rings (SSSR count). The third-order valence-corrected chi connectivity index (χ3v) is 11.4. The topological polar surface area (TPSA) is 197 Å². The molecule has 7 unspecified atom stereocenters. The molecular formula is C46H40N6O7. The maximum Gasteiger partial charge on any atom is 0.329 e. The van der Waals surface area contributed by atoms with Crippen LogP contribution < -0.4 is 27.0 Å². The van der Waals surface area contributed by atoms with E-state index in [1.807, 2.05) is 95.9 Å². The van der Waals surface area contributed by atoms with E-state index >= 15 is 4.79 Å². The number of nitrogens with two attached hydrogens (primary N) is 2. The molecular weight excluding hydrogens is 749 g/mol. The van der Waals surface area contributed by atoms with Crippen LogP contribution in [0.1, 0.15) is 64.5 Å². The second kappa shape index (κ2) is 15.5. The molecule has 59 heavy (non-hydrogen) atoms. The van der Waals surface area contributed by atoms with Crippen LogP contribution in [0, 0.1) is 17.8 Å². The molecule has 7 atom stereocenters. The molecule has 2 fully saturated rings. The van der Waals surface area contributed by atoms with Crippen molar-refractivity contribution >= 4 is 35.5 Å². The molecule has 296 valence electrons. The molecule has 0 aliphatic carbocycles. The van der Waals surface area contributed by atoms with Crippen molar-refractivity contribution in [3.8, 4) is 17.6 Å². The van der Waals surface area contributed by atoms with Crippen LogP contribution in [0.15, 0.2) is 133 Å². The van der Waals surface area contributed by atoms with Crippen molar-refractivity contribution in [1.82, 2.24) is 15.5 Å².